The highest BCUT2D eigenvalue weighted by Crippen LogP contribution is 2.39. The Kier molecular flexibility index (Phi) is 1.18. The standard InChI is InChI=1S/C9H12/c1-2-4-8(5-3-1)9-6-7-9/h1-2,5,9H,3-4,6-7H2. The molecule has 0 aliphatic heterocycles. The summed E-state index contributed by atoms with van der Waals surface area (Å²) in [6.07, 6.45) is 12.3. The van der Waals surface area contributed by atoms with Crippen LogP contribution in [0.3, 0.4) is 0 Å². The zero-order valence-electron chi connectivity index (χ0n) is 5.64. The molecule has 48 valence electrons. The molecule has 2 aliphatic carbocycles. The lowest BCUT2D eigenvalue weighted by Crippen LogP contribution is -1.87. The van der Waals surface area contributed by atoms with Gasteiger partial charge in [0.2, 0.25) is 0 Å². The van der Waals surface area contributed by atoms with Gasteiger partial charge in [0.25, 0.3) is 0 Å². The van der Waals surface area contributed by atoms with Crippen LogP contribution in [0.15, 0.2) is 23.8 Å². The van der Waals surface area contributed by atoms with Gasteiger partial charge in [-0.3, -0.25) is 0 Å². The number of hydrogen-bond acceptors (Lipinski definition) is 0. The Bertz CT molecular complexity index is 159. The molecule has 0 saturated heterocycles. The molecule has 0 heterocycles. The maximum atomic E-state index is 2.40. The first-order valence-electron chi connectivity index (χ1n) is 3.81. The van der Waals surface area contributed by atoms with Crippen molar-refractivity contribution in [3.63, 3.8) is 0 Å². The zero-order chi connectivity index (χ0) is 6.10. The summed E-state index contributed by atoms with van der Waals surface area (Å²) in [5.74, 6) is 0.995. The Morgan fingerprint density at radius 2 is 2.11 bits per heavy atom. The lowest BCUT2D eigenvalue weighted by molar-refractivity contribution is 0.923. The Balaban J connectivity index is 2.02. The maximum absolute atomic E-state index is 2.40. The van der Waals surface area contributed by atoms with Crippen LogP contribution in [0.1, 0.15) is 25.7 Å². The second-order valence-electron chi connectivity index (χ2n) is 2.96. The van der Waals surface area contributed by atoms with Crippen molar-refractivity contribution < 1.29 is 0 Å². The molecule has 9 heavy (non-hydrogen) atoms. The third-order valence-electron chi connectivity index (χ3n) is 2.14. The molecule has 0 nitrogen and oxygen atoms in total. The molecule has 2 aliphatic rings. The molecule has 0 amide bonds. The molecule has 0 aromatic carbocycles. The minimum absolute atomic E-state index is 0.995. The van der Waals surface area contributed by atoms with Crippen molar-refractivity contribution in [2.75, 3.05) is 0 Å². The molecule has 0 heteroatoms. The average molecular weight is 120 g/mol. The third kappa shape index (κ3) is 1.07. The van der Waals surface area contributed by atoms with Crippen molar-refractivity contribution in [2.24, 2.45) is 5.92 Å². The van der Waals surface area contributed by atoms with Gasteiger partial charge in [-0.2, -0.15) is 0 Å². The van der Waals surface area contributed by atoms with Gasteiger partial charge in [-0.15, -0.1) is 0 Å². The summed E-state index contributed by atoms with van der Waals surface area (Å²) in [4.78, 5) is 0. The van der Waals surface area contributed by atoms with Gasteiger partial charge in [-0.25, -0.2) is 0 Å². The van der Waals surface area contributed by atoms with Crippen LogP contribution < -0.4 is 0 Å². The van der Waals surface area contributed by atoms with Gasteiger partial charge in [0, 0.05) is 0 Å². The molecular weight excluding hydrogens is 108 g/mol. The summed E-state index contributed by atoms with van der Waals surface area (Å²) in [6, 6.07) is 0. The van der Waals surface area contributed by atoms with E-state index in [1.807, 2.05) is 0 Å². The molecule has 0 aromatic heterocycles. The van der Waals surface area contributed by atoms with E-state index >= 15 is 0 Å². The third-order valence-corrected chi connectivity index (χ3v) is 2.14. The minimum Gasteiger partial charge on any atom is -0.0844 e. The van der Waals surface area contributed by atoms with Gasteiger partial charge in [-0.05, 0) is 31.6 Å². The molecule has 0 radical (unpaired) electrons. The van der Waals surface area contributed by atoms with Crippen LogP contribution >= 0.6 is 0 Å². The van der Waals surface area contributed by atoms with E-state index in [0.29, 0.717) is 0 Å². The van der Waals surface area contributed by atoms with Crippen LogP contribution in [-0.2, 0) is 0 Å². The van der Waals surface area contributed by atoms with Crippen LogP contribution in [-0.4, -0.2) is 0 Å². The van der Waals surface area contributed by atoms with Gasteiger partial charge < -0.3 is 0 Å². The van der Waals surface area contributed by atoms with Crippen molar-refractivity contribution in [1.29, 1.82) is 0 Å². The van der Waals surface area contributed by atoms with E-state index in [1.54, 1.807) is 5.57 Å². The summed E-state index contributed by atoms with van der Waals surface area (Å²) in [5.41, 5.74) is 1.71. The zero-order valence-corrected chi connectivity index (χ0v) is 5.64. The average Bonchev–Trinajstić information content (AvgIpc) is 2.71. The predicted molar refractivity (Wildman–Crippen MR) is 39.2 cm³/mol. The first-order chi connectivity index (χ1) is 4.47. The van der Waals surface area contributed by atoms with Gasteiger partial charge in [-0.1, -0.05) is 23.8 Å². The summed E-state index contributed by atoms with van der Waals surface area (Å²) in [5, 5.41) is 0. The molecule has 0 spiro atoms. The summed E-state index contributed by atoms with van der Waals surface area (Å²) in [7, 11) is 0. The Labute approximate surface area is 56.3 Å². The molecule has 1 saturated carbocycles. The normalized spacial score (nSPS) is 26.0. The second-order valence-corrected chi connectivity index (χ2v) is 2.96. The number of hydrogen-bond donors (Lipinski definition) is 0. The molecule has 0 aromatic rings. The number of allylic oxidation sites excluding steroid dienone is 4. The second kappa shape index (κ2) is 2.02. The number of rotatable bonds is 1. The van der Waals surface area contributed by atoms with Crippen LogP contribution in [0.4, 0.5) is 0 Å². The van der Waals surface area contributed by atoms with E-state index in [0.717, 1.165) is 5.92 Å². The molecule has 2 rings (SSSR count). The highest BCUT2D eigenvalue weighted by molar-refractivity contribution is 5.20. The Hall–Kier alpha value is -0.520. The summed E-state index contributed by atoms with van der Waals surface area (Å²) < 4.78 is 0. The minimum atomic E-state index is 0.995. The topological polar surface area (TPSA) is 0 Å². The highest BCUT2D eigenvalue weighted by Gasteiger charge is 2.24. The predicted octanol–water partition coefficient (Wildman–Crippen LogP) is 2.67. The molecule has 0 bridgehead atoms. The van der Waals surface area contributed by atoms with E-state index < -0.39 is 0 Å². The molecule has 0 unspecified atom stereocenters. The van der Waals surface area contributed by atoms with Gasteiger partial charge in [0.15, 0.2) is 0 Å². The fourth-order valence-corrected chi connectivity index (χ4v) is 1.41. The summed E-state index contributed by atoms with van der Waals surface area (Å²) in [6.45, 7) is 0. The van der Waals surface area contributed by atoms with E-state index in [4.69, 9.17) is 0 Å². The quantitative estimate of drug-likeness (QED) is 0.467. The van der Waals surface area contributed by atoms with Crippen LogP contribution in [0.2, 0.25) is 0 Å². The van der Waals surface area contributed by atoms with Gasteiger partial charge in [0.1, 0.15) is 0 Å². The SMILES string of the molecule is C1=CCC(C2CC2)=CC1. The Morgan fingerprint density at radius 1 is 1.22 bits per heavy atom. The van der Waals surface area contributed by atoms with Crippen molar-refractivity contribution in [1.82, 2.24) is 0 Å². The van der Waals surface area contributed by atoms with Crippen molar-refractivity contribution in [3.05, 3.63) is 23.8 Å². The van der Waals surface area contributed by atoms with Crippen LogP contribution in [0.5, 0.6) is 0 Å². The molecule has 0 N–H and O–H groups in total. The summed E-state index contributed by atoms with van der Waals surface area (Å²) >= 11 is 0. The van der Waals surface area contributed by atoms with Gasteiger partial charge >= 0.3 is 0 Å². The van der Waals surface area contributed by atoms with Crippen LogP contribution in [0.25, 0.3) is 0 Å². The monoisotopic (exact) mass is 120 g/mol. The smallest absolute Gasteiger partial charge is 0.0136 e. The maximum Gasteiger partial charge on any atom is -0.0136 e. The highest BCUT2D eigenvalue weighted by atomic mass is 14.3. The van der Waals surface area contributed by atoms with Gasteiger partial charge in [0.05, 0.1) is 0 Å². The largest absolute Gasteiger partial charge is 0.0844 e. The lowest BCUT2D eigenvalue weighted by atomic mass is 10.0. The fraction of sp³-hybridized carbons (Fsp3) is 0.556. The molecular formula is C9H12. The Morgan fingerprint density at radius 3 is 2.67 bits per heavy atom. The molecule has 0 atom stereocenters. The molecule has 1 fully saturated rings. The van der Waals surface area contributed by atoms with E-state index in [-0.39, 0.29) is 0 Å². The lowest BCUT2D eigenvalue weighted by Gasteiger charge is -2.04. The van der Waals surface area contributed by atoms with Crippen molar-refractivity contribution in [3.8, 4) is 0 Å². The van der Waals surface area contributed by atoms with E-state index in [1.165, 1.54) is 25.7 Å². The fourth-order valence-electron chi connectivity index (χ4n) is 1.41. The van der Waals surface area contributed by atoms with Crippen molar-refractivity contribution >= 4 is 0 Å². The first-order valence-corrected chi connectivity index (χ1v) is 3.81. The van der Waals surface area contributed by atoms with E-state index in [9.17, 15) is 0 Å². The van der Waals surface area contributed by atoms with Crippen molar-refractivity contribution in [2.45, 2.75) is 25.7 Å². The van der Waals surface area contributed by atoms with E-state index in [2.05, 4.69) is 18.2 Å². The first kappa shape index (κ1) is 5.28. The van der Waals surface area contributed by atoms with Crippen LogP contribution in [0, 0.1) is 5.92 Å².